The summed E-state index contributed by atoms with van der Waals surface area (Å²) < 4.78 is 0. The zero-order valence-electron chi connectivity index (χ0n) is 11.3. The first-order valence-corrected chi connectivity index (χ1v) is 7.11. The van der Waals surface area contributed by atoms with Crippen molar-refractivity contribution in [3.8, 4) is 0 Å². The van der Waals surface area contributed by atoms with Gasteiger partial charge in [-0.1, -0.05) is 6.92 Å². The monoisotopic (exact) mass is 246 g/mol. The number of nitrogens with zero attached hydrogens (tertiary/aromatic N) is 3. The second kappa shape index (κ2) is 4.41. The summed E-state index contributed by atoms with van der Waals surface area (Å²) >= 11 is 0. The van der Waals surface area contributed by atoms with E-state index < -0.39 is 0 Å². The highest BCUT2D eigenvalue weighted by atomic mass is 15.2. The van der Waals surface area contributed by atoms with Crippen molar-refractivity contribution in [1.82, 2.24) is 9.97 Å². The Bertz CT molecular complexity index is 453. The van der Waals surface area contributed by atoms with Gasteiger partial charge in [-0.25, -0.2) is 9.97 Å². The average molecular weight is 246 g/mol. The molecule has 0 amide bonds. The highest BCUT2D eigenvalue weighted by Crippen LogP contribution is 2.40. The van der Waals surface area contributed by atoms with Gasteiger partial charge in [-0.2, -0.15) is 0 Å². The molecule has 1 unspecified atom stereocenters. The van der Waals surface area contributed by atoms with Crippen LogP contribution in [0.15, 0.2) is 0 Å². The molecule has 1 aromatic rings. The van der Waals surface area contributed by atoms with Gasteiger partial charge in [0.2, 0.25) is 0 Å². The Labute approximate surface area is 109 Å². The van der Waals surface area contributed by atoms with Gasteiger partial charge in [-0.15, -0.1) is 0 Å². The highest BCUT2D eigenvalue weighted by molar-refractivity contribution is 5.58. The molecule has 1 saturated heterocycles. The molecule has 98 valence electrons. The second-order valence-corrected chi connectivity index (χ2v) is 5.59. The van der Waals surface area contributed by atoms with E-state index in [1.165, 1.54) is 32.1 Å². The summed E-state index contributed by atoms with van der Waals surface area (Å²) in [6, 6.07) is 0.630. The van der Waals surface area contributed by atoms with Crippen LogP contribution in [0.4, 0.5) is 11.6 Å². The maximum atomic E-state index is 6.06. The number of rotatable bonds is 3. The van der Waals surface area contributed by atoms with Gasteiger partial charge in [-0.05, 0) is 39.0 Å². The van der Waals surface area contributed by atoms with Crippen LogP contribution in [0.3, 0.4) is 0 Å². The number of aromatic nitrogens is 2. The van der Waals surface area contributed by atoms with Crippen LogP contribution in [0.1, 0.15) is 56.3 Å². The Morgan fingerprint density at radius 1 is 1.28 bits per heavy atom. The third-order valence-electron chi connectivity index (χ3n) is 4.24. The van der Waals surface area contributed by atoms with E-state index in [-0.39, 0.29) is 0 Å². The van der Waals surface area contributed by atoms with Crippen LogP contribution in [0.2, 0.25) is 0 Å². The maximum absolute atomic E-state index is 6.06. The Balaban J connectivity index is 1.98. The summed E-state index contributed by atoms with van der Waals surface area (Å²) in [7, 11) is 0. The lowest BCUT2D eigenvalue weighted by atomic mass is 10.1. The van der Waals surface area contributed by atoms with Crippen LogP contribution in [0, 0.1) is 6.92 Å². The van der Waals surface area contributed by atoms with E-state index in [2.05, 4.69) is 16.8 Å². The lowest BCUT2D eigenvalue weighted by molar-refractivity contribution is 0.637. The average Bonchev–Trinajstić information content (AvgIpc) is 3.11. The molecule has 2 heterocycles. The minimum atomic E-state index is 0.564. The first-order chi connectivity index (χ1) is 8.70. The van der Waals surface area contributed by atoms with Crippen molar-refractivity contribution in [3.05, 3.63) is 11.4 Å². The quantitative estimate of drug-likeness (QED) is 0.890. The molecule has 4 nitrogen and oxygen atoms in total. The first-order valence-electron chi connectivity index (χ1n) is 7.11. The van der Waals surface area contributed by atoms with E-state index in [0.29, 0.717) is 17.8 Å². The molecule has 3 rings (SSSR count). The molecule has 2 aliphatic rings. The Morgan fingerprint density at radius 2 is 2.06 bits per heavy atom. The van der Waals surface area contributed by atoms with Gasteiger partial charge in [0, 0.05) is 24.1 Å². The van der Waals surface area contributed by atoms with Crippen LogP contribution < -0.4 is 10.6 Å². The van der Waals surface area contributed by atoms with Gasteiger partial charge in [-0.3, -0.25) is 0 Å². The first kappa shape index (κ1) is 11.8. The zero-order chi connectivity index (χ0) is 12.7. The van der Waals surface area contributed by atoms with E-state index in [4.69, 9.17) is 10.7 Å². The molecule has 1 aromatic heterocycles. The van der Waals surface area contributed by atoms with E-state index >= 15 is 0 Å². The van der Waals surface area contributed by atoms with E-state index in [1.54, 1.807) is 0 Å². The van der Waals surface area contributed by atoms with Gasteiger partial charge in [0.1, 0.15) is 17.5 Å². The molecule has 1 atom stereocenters. The van der Waals surface area contributed by atoms with Crippen molar-refractivity contribution >= 4 is 11.6 Å². The van der Waals surface area contributed by atoms with E-state index in [0.717, 1.165) is 23.8 Å². The van der Waals surface area contributed by atoms with Crippen molar-refractivity contribution in [2.75, 3.05) is 17.2 Å². The molecule has 2 N–H and O–H groups in total. The molecule has 1 aliphatic carbocycles. The van der Waals surface area contributed by atoms with Crippen LogP contribution >= 0.6 is 0 Å². The lowest BCUT2D eigenvalue weighted by Crippen LogP contribution is -2.30. The number of nitrogens with two attached hydrogens (primary N) is 1. The summed E-state index contributed by atoms with van der Waals surface area (Å²) in [4.78, 5) is 11.7. The van der Waals surface area contributed by atoms with Crippen molar-refractivity contribution in [1.29, 1.82) is 0 Å². The van der Waals surface area contributed by atoms with Crippen LogP contribution in [-0.2, 0) is 0 Å². The topological polar surface area (TPSA) is 55.0 Å². The molecule has 1 saturated carbocycles. The molecular weight excluding hydrogens is 224 g/mol. The maximum Gasteiger partial charge on any atom is 0.137 e. The predicted octanol–water partition coefficient (Wildman–Crippen LogP) is 2.62. The molecule has 0 spiro atoms. The summed E-state index contributed by atoms with van der Waals surface area (Å²) in [5.41, 5.74) is 7.12. The third kappa shape index (κ3) is 1.93. The molecule has 0 radical (unpaired) electrons. The van der Waals surface area contributed by atoms with Gasteiger partial charge < -0.3 is 10.6 Å². The molecule has 0 bridgehead atoms. The number of anilines is 2. The SMILES string of the molecule is CCC1CCCN1c1nc(C2CC2)nc(N)c1C. The van der Waals surface area contributed by atoms with Gasteiger partial charge >= 0.3 is 0 Å². The fourth-order valence-electron chi connectivity index (χ4n) is 2.88. The summed E-state index contributed by atoms with van der Waals surface area (Å²) in [6.45, 7) is 5.41. The summed E-state index contributed by atoms with van der Waals surface area (Å²) in [6.07, 6.45) is 6.17. The highest BCUT2D eigenvalue weighted by Gasteiger charge is 2.31. The van der Waals surface area contributed by atoms with Gasteiger partial charge in [0.15, 0.2) is 0 Å². The van der Waals surface area contributed by atoms with Crippen LogP contribution in [0.25, 0.3) is 0 Å². The van der Waals surface area contributed by atoms with E-state index in [1.807, 2.05) is 6.92 Å². The second-order valence-electron chi connectivity index (χ2n) is 5.59. The van der Waals surface area contributed by atoms with Crippen LogP contribution in [-0.4, -0.2) is 22.6 Å². The smallest absolute Gasteiger partial charge is 0.137 e. The minimum absolute atomic E-state index is 0.564. The normalized spacial score (nSPS) is 23.7. The number of hydrogen-bond acceptors (Lipinski definition) is 4. The Hall–Kier alpha value is -1.32. The van der Waals surface area contributed by atoms with Crippen LogP contribution in [0.5, 0.6) is 0 Å². The minimum Gasteiger partial charge on any atom is -0.383 e. The predicted molar refractivity (Wildman–Crippen MR) is 73.8 cm³/mol. The largest absolute Gasteiger partial charge is 0.383 e. The Kier molecular flexibility index (Phi) is 2.88. The lowest BCUT2D eigenvalue weighted by Gasteiger charge is -2.27. The molecule has 2 fully saturated rings. The standard InChI is InChI=1S/C14H22N4/c1-3-11-5-4-8-18(11)14-9(2)12(15)16-13(17-14)10-6-7-10/h10-11H,3-8H2,1-2H3,(H2,15,16,17). The van der Waals surface area contributed by atoms with Crippen molar-refractivity contribution in [3.63, 3.8) is 0 Å². The number of nitrogen functional groups attached to an aromatic ring is 1. The molecule has 18 heavy (non-hydrogen) atoms. The third-order valence-corrected chi connectivity index (χ3v) is 4.24. The zero-order valence-corrected chi connectivity index (χ0v) is 11.3. The molecular formula is C14H22N4. The molecule has 0 aromatic carbocycles. The fraction of sp³-hybridized carbons (Fsp3) is 0.714. The van der Waals surface area contributed by atoms with Gasteiger partial charge in [0.25, 0.3) is 0 Å². The van der Waals surface area contributed by atoms with Crippen molar-refractivity contribution in [2.45, 2.75) is 57.9 Å². The van der Waals surface area contributed by atoms with Crippen molar-refractivity contribution in [2.24, 2.45) is 0 Å². The molecule has 4 heteroatoms. The summed E-state index contributed by atoms with van der Waals surface area (Å²) in [5.74, 6) is 3.29. The van der Waals surface area contributed by atoms with Gasteiger partial charge in [0.05, 0.1) is 0 Å². The molecule has 1 aliphatic heterocycles. The number of hydrogen-bond donors (Lipinski definition) is 1. The van der Waals surface area contributed by atoms with E-state index in [9.17, 15) is 0 Å². The fourth-order valence-corrected chi connectivity index (χ4v) is 2.88. The summed E-state index contributed by atoms with van der Waals surface area (Å²) in [5, 5.41) is 0. The Morgan fingerprint density at radius 3 is 2.72 bits per heavy atom. The van der Waals surface area contributed by atoms with Crippen molar-refractivity contribution < 1.29 is 0 Å².